The SMILES string of the molecule is c1ccc(-c2cccc(-c3cccc(-c4cccc(-c5cccc(-c6cc7ccccc7c(-c7ccccc7-c7ccccc7)n6)c5)c4)c3)c2)cc1. The predicted octanol–water partition coefficient (Wildman–Crippen LogP) is 13.9. The van der Waals surface area contributed by atoms with Gasteiger partial charge in [-0.1, -0.05) is 182 Å². The van der Waals surface area contributed by atoms with Crippen molar-refractivity contribution in [3.8, 4) is 78.1 Å². The number of benzene rings is 8. The normalized spacial score (nSPS) is 11.1. The lowest BCUT2D eigenvalue weighted by molar-refractivity contribution is 1.35. The molecule has 0 fully saturated rings. The van der Waals surface area contributed by atoms with E-state index in [2.05, 4.69) is 212 Å². The first-order valence-corrected chi connectivity index (χ1v) is 17.8. The van der Waals surface area contributed by atoms with E-state index in [1.54, 1.807) is 0 Å². The summed E-state index contributed by atoms with van der Waals surface area (Å²) in [4.78, 5) is 5.39. The minimum absolute atomic E-state index is 0.958. The molecule has 0 saturated heterocycles. The fraction of sp³-hybridized carbons (Fsp3) is 0. The fourth-order valence-electron chi connectivity index (χ4n) is 7.23. The lowest BCUT2D eigenvalue weighted by Crippen LogP contribution is -1.93. The van der Waals surface area contributed by atoms with Crippen molar-refractivity contribution in [2.24, 2.45) is 0 Å². The summed E-state index contributed by atoms with van der Waals surface area (Å²) in [5, 5.41) is 2.32. The van der Waals surface area contributed by atoms with Crippen molar-refractivity contribution in [2.45, 2.75) is 0 Å². The molecule has 0 saturated carbocycles. The third-order valence-corrected chi connectivity index (χ3v) is 9.86. The van der Waals surface area contributed by atoms with E-state index in [0.717, 1.165) is 33.5 Å². The van der Waals surface area contributed by atoms with Crippen LogP contribution in [0.4, 0.5) is 0 Å². The van der Waals surface area contributed by atoms with Crippen LogP contribution < -0.4 is 0 Å². The van der Waals surface area contributed by atoms with Gasteiger partial charge in [0.1, 0.15) is 0 Å². The molecule has 0 aliphatic rings. The Kier molecular flexibility index (Phi) is 8.29. The van der Waals surface area contributed by atoms with Crippen molar-refractivity contribution in [1.29, 1.82) is 0 Å². The van der Waals surface area contributed by atoms with Crippen LogP contribution in [0.15, 0.2) is 212 Å². The van der Waals surface area contributed by atoms with Gasteiger partial charge >= 0.3 is 0 Å². The van der Waals surface area contributed by atoms with E-state index >= 15 is 0 Å². The number of pyridine rings is 1. The van der Waals surface area contributed by atoms with E-state index < -0.39 is 0 Å². The summed E-state index contributed by atoms with van der Waals surface area (Å²) in [5.74, 6) is 0. The van der Waals surface area contributed by atoms with Crippen molar-refractivity contribution >= 4 is 10.8 Å². The van der Waals surface area contributed by atoms with Gasteiger partial charge in [-0.3, -0.25) is 0 Å². The van der Waals surface area contributed by atoms with Crippen molar-refractivity contribution < 1.29 is 0 Å². The Balaban J connectivity index is 1.08. The van der Waals surface area contributed by atoms with Crippen LogP contribution in [0.5, 0.6) is 0 Å². The molecule has 0 atom stereocenters. The average Bonchev–Trinajstić information content (AvgIpc) is 3.24. The van der Waals surface area contributed by atoms with Crippen LogP contribution in [0, 0.1) is 0 Å². The number of nitrogens with zero attached hydrogens (tertiary/aromatic N) is 1. The van der Waals surface area contributed by atoms with Crippen molar-refractivity contribution in [3.63, 3.8) is 0 Å². The quantitative estimate of drug-likeness (QED) is 0.166. The standard InChI is InChI=1S/C51H35N/c1-3-15-36(16-4-1)38-20-11-21-39(31-38)40-22-12-23-41(32-40)42-24-13-25-43(33-42)44-26-14-27-46(34-44)50-35-45-19-7-8-29-48(45)51(52-50)49-30-10-9-28-47(49)37-17-5-2-6-18-37/h1-35H. The van der Waals surface area contributed by atoms with E-state index in [1.807, 2.05) is 0 Å². The Hall–Kier alpha value is -6.83. The van der Waals surface area contributed by atoms with Crippen molar-refractivity contribution in [1.82, 2.24) is 4.98 Å². The Labute approximate surface area is 305 Å². The highest BCUT2D eigenvalue weighted by Crippen LogP contribution is 2.38. The molecule has 9 rings (SSSR count). The lowest BCUT2D eigenvalue weighted by Gasteiger charge is -2.14. The molecule has 0 aliphatic heterocycles. The Morgan fingerprint density at radius 1 is 0.250 bits per heavy atom. The second-order valence-corrected chi connectivity index (χ2v) is 13.2. The van der Waals surface area contributed by atoms with Gasteiger partial charge in [-0.05, 0) is 91.4 Å². The lowest BCUT2D eigenvalue weighted by atomic mass is 9.93. The fourth-order valence-corrected chi connectivity index (χ4v) is 7.23. The van der Waals surface area contributed by atoms with Gasteiger partial charge in [0.05, 0.1) is 11.4 Å². The maximum atomic E-state index is 5.39. The van der Waals surface area contributed by atoms with Crippen LogP contribution in [0.3, 0.4) is 0 Å². The zero-order valence-electron chi connectivity index (χ0n) is 28.7. The molecule has 0 radical (unpaired) electrons. The average molecular weight is 662 g/mol. The zero-order valence-corrected chi connectivity index (χ0v) is 28.7. The molecule has 8 aromatic carbocycles. The first-order valence-electron chi connectivity index (χ1n) is 17.8. The minimum Gasteiger partial charge on any atom is -0.247 e. The van der Waals surface area contributed by atoms with Crippen LogP contribution in [0.1, 0.15) is 0 Å². The van der Waals surface area contributed by atoms with Gasteiger partial charge in [0.15, 0.2) is 0 Å². The van der Waals surface area contributed by atoms with Crippen molar-refractivity contribution in [2.75, 3.05) is 0 Å². The second-order valence-electron chi connectivity index (χ2n) is 13.2. The van der Waals surface area contributed by atoms with Gasteiger partial charge in [-0.2, -0.15) is 0 Å². The molecular formula is C51H35N. The van der Waals surface area contributed by atoms with E-state index in [1.165, 1.54) is 55.5 Å². The summed E-state index contributed by atoms with van der Waals surface area (Å²) in [6, 6.07) is 75.9. The second kappa shape index (κ2) is 13.8. The maximum Gasteiger partial charge on any atom is 0.0794 e. The van der Waals surface area contributed by atoms with Crippen LogP contribution in [-0.2, 0) is 0 Å². The van der Waals surface area contributed by atoms with Gasteiger partial charge in [0.2, 0.25) is 0 Å². The molecule has 0 amide bonds. The van der Waals surface area contributed by atoms with Crippen LogP contribution >= 0.6 is 0 Å². The summed E-state index contributed by atoms with van der Waals surface area (Å²) in [7, 11) is 0. The molecular weight excluding hydrogens is 627 g/mol. The summed E-state index contributed by atoms with van der Waals surface area (Å²) < 4.78 is 0. The molecule has 9 aromatic rings. The molecule has 1 heterocycles. The Bertz CT molecular complexity index is 2670. The summed E-state index contributed by atoms with van der Waals surface area (Å²) >= 11 is 0. The maximum absolute atomic E-state index is 5.39. The monoisotopic (exact) mass is 661 g/mol. The topological polar surface area (TPSA) is 12.9 Å². The minimum atomic E-state index is 0.958. The van der Waals surface area contributed by atoms with Crippen LogP contribution in [0.2, 0.25) is 0 Å². The smallest absolute Gasteiger partial charge is 0.0794 e. The molecule has 0 spiro atoms. The van der Waals surface area contributed by atoms with Crippen LogP contribution in [0.25, 0.3) is 88.9 Å². The molecule has 0 bridgehead atoms. The number of hydrogen-bond donors (Lipinski definition) is 0. The molecule has 1 aromatic heterocycles. The molecule has 52 heavy (non-hydrogen) atoms. The zero-order chi connectivity index (χ0) is 34.7. The van der Waals surface area contributed by atoms with Crippen LogP contribution in [-0.4, -0.2) is 4.98 Å². The number of hydrogen-bond acceptors (Lipinski definition) is 1. The van der Waals surface area contributed by atoms with E-state index in [0.29, 0.717) is 0 Å². The Morgan fingerprint density at radius 3 is 1.19 bits per heavy atom. The van der Waals surface area contributed by atoms with E-state index in [-0.39, 0.29) is 0 Å². The summed E-state index contributed by atoms with van der Waals surface area (Å²) in [5.41, 5.74) is 16.1. The van der Waals surface area contributed by atoms with Gasteiger partial charge in [-0.25, -0.2) is 4.98 Å². The van der Waals surface area contributed by atoms with E-state index in [9.17, 15) is 0 Å². The first-order chi connectivity index (χ1) is 25.8. The third kappa shape index (κ3) is 6.21. The molecule has 0 unspecified atom stereocenters. The molecule has 244 valence electrons. The number of rotatable bonds is 7. The number of aromatic nitrogens is 1. The summed E-state index contributed by atoms with van der Waals surface area (Å²) in [6.07, 6.45) is 0. The summed E-state index contributed by atoms with van der Waals surface area (Å²) in [6.45, 7) is 0. The molecule has 0 aliphatic carbocycles. The number of fused-ring (bicyclic) bond motifs is 1. The highest BCUT2D eigenvalue weighted by atomic mass is 14.7. The third-order valence-electron chi connectivity index (χ3n) is 9.86. The van der Waals surface area contributed by atoms with Gasteiger partial charge in [-0.15, -0.1) is 0 Å². The Morgan fingerprint density at radius 2 is 0.635 bits per heavy atom. The predicted molar refractivity (Wildman–Crippen MR) is 220 cm³/mol. The first kappa shape index (κ1) is 31.2. The van der Waals surface area contributed by atoms with E-state index in [4.69, 9.17) is 4.98 Å². The molecule has 1 nitrogen and oxygen atoms in total. The van der Waals surface area contributed by atoms with Gasteiger partial charge in [0, 0.05) is 16.5 Å². The molecule has 0 N–H and O–H groups in total. The molecule has 1 heteroatoms. The van der Waals surface area contributed by atoms with Gasteiger partial charge in [0.25, 0.3) is 0 Å². The van der Waals surface area contributed by atoms with Crippen molar-refractivity contribution in [3.05, 3.63) is 212 Å². The highest BCUT2D eigenvalue weighted by Gasteiger charge is 2.15. The highest BCUT2D eigenvalue weighted by molar-refractivity contribution is 6.00. The van der Waals surface area contributed by atoms with Gasteiger partial charge < -0.3 is 0 Å². The largest absolute Gasteiger partial charge is 0.247 e.